The van der Waals surface area contributed by atoms with Crippen molar-refractivity contribution in [3.8, 4) is 5.88 Å². The molecule has 0 saturated heterocycles. The Kier molecular flexibility index (Phi) is 4.78. The lowest BCUT2D eigenvalue weighted by Crippen LogP contribution is -2.24. The Labute approximate surface area is 121 Å². The van der Waals surface area contributed by atoms with Gasteiger partial charge in [-0.25, -0.2) is 4.98 Å². The summed E-state index contributed by atoms with van der Waals surface area (Å²) in [4.78, 5) is 4.39. The van der Waals surface area contributed by atoms with Crippen LogP contribution in [0.15, 0.2) is 48.2 Å². The molecule has 1 fully saturated rings. The van der Waals surface area contributed by atoms with Gasteiger partial charge < -0.3 is 4.74 Å². The molecular weight excluding hydrogens is 246 g/mol. The van der Waals surface area contributed by atoms with Crippen molar-refractivity contribution in [1.82, 2.24) is 4.98 Å². The summed E-state index contributed by atoms with van der Waals surface area (Å²) in [7, 11) is 0. The Morgan fingerprint density at radius 2 is 2.05 bits per heavy atom. The smallest absolute Gasteiger partial charge is 0.213 e. The van der Waals surface area contributed by atoms with Crippen LogP contribution in [-0.2, 0) is 0 Å². The number of aromatic nitrogens is 1. The Morgan fingerprint density at radius 3 is 2.50 bits per heavy atom. The molecule has 1 aromatic heterocycles. The molecule has 0 amide bonds. The summed E-state index contributed by atoms with van der Waals surface area (Å²) in [6.45, 7) is 10.2. The summed E-state index contributed by atoms with van der Waals surface area (Å²) in [6.07, 6.45) is 9.83. The fraction of sp³-hybridized carbons (Fsp3) is 0.389. The molecule has 0 N–H and O–H groups in total. The van der Waals surface area contributed by atoms with Gasteiger partial charge in [-0.1, -0.05) is 29.9 Å². The summed E-state index contributed by atoms with van der Waals surface area (Å²) in [5, 5.41) is 0. The second-order valence-electron chi connectivity index (χ2n) is 5.54. The van der Waals surface area contributed by atoms with Crippen molar-refractivity contribution in [1.29, 1.82) is 0 Å². The quantitative estimate of drug-likeness (QED) is 0.706. The van der Waals surface area contributed by atoms with Gasteiger partial charge in [-0.05, 0) is 51.7 Å². The number of hydrogen-bond acceptors (Lipinski definition) is 2. The summed E-state index contributed by atoms with van der Waals surface area (Å²) < 4.78 is 5.77. The fourth-order valence-electron chi connectivity index (χ4n) is 1.92. The molecule has 0 bridgehead atoms. The Morgan fingerprint density at radius 1 is 1.30 bits per heavy atom. The van der Waals surface area contributed by atoms with E-state index in [1.807, 2.05) is 24.4 Å². The topological polar surface area (TPSA) is 22.1 Å². The fourth-order valence-corrected chi connectivity index (χ4v) is 1.92. The van der Waals surface area contributed by atoms with Gasteiger partial charge in [0.1, 0.15) is 6.10 Å². The van der Waals surface area contributed by atoms with Crippen molar-refractivity contribution in [3.63, 3.8) is 0 Å². The van der Waals surface area contributed by atoms with Gasteiger partial charge in [0.15, 0.2) is 0 Å². The summed E-state index contributed by atoms with van der Waals surface area (Å²) in [5.41, 5.74) is 4.73. The number of rotatable bonds is 5. The first-order valence-corrected chi connectivity index (χ1v) is 7.21. The molecule has 0 aliphatic heterocycles. The van der Waals surface area contributed by atoms with Crippen LogP contribution in [0.25, 0.3) is 5.57 Å². The minimum Gasteiger partial charge on any atom is -0.474 e. The summed E-state index contributed by atoms with van der Waals surface area (Å²) >= 11 is 0. The average Bonchev–Trinajstić information content (AvgIpc) is 2.40. The molecule has 20 heavy (non-hydrogen) atoms. The van der Waals surface area contributed by atoms with E-state index in [2.05, 4.69) is 38.4 Å². The van der Waals surface area contributed by atoms with E-state index < -0.39 is 0 Å². The van der Waals surface area contributed by atoms with Gasteiger partial charge in [0.2, 0.25) is 5.88 Å². The molecule has 1 aliphatic rings. The van der Waals surface area contributed by atoms with Gasteiger partial charge in [-0.15, -0.1) is 0 Å². The van der Waals surface area contributed by atoms with Crippen molar-refractivity contribution in [2.75, 3.05) is 0 Å². The van der Waals surface area contributed by atoms with Gasteiger partial charge in [-0.3, -0.25) is 0 Å². The third-order valence-electron chi connectivity index (χ3n) is 3.79. The molecule has 1 saturated carbocycles. The van der Waals surface area contributed by atoms with Crippen molar-refractivity contribution < 1.29 is 4.74 Å². The number of nitrogens with zero attached hydrogens (tertiary/aromatic N) is 1. The molecular formula is C18H23NO. The maximum atomic E-state index is 5.77. The first-order valence-electron chi connectivity index (χ1n) is 7.21. The highest BCUT2D eigenvalue weighted by Crippen LogP contribution is 2.25. The highest BCUT2D eigenvalue weighted by atomic mass is 16.5. The molecule has 2 rings (SSSR count). The monoisotopic (exact) mass is 269 g/mol. The van der Waals surface area contributed by atoms with Crippen molar-refractivity contribution in [2.45, 2.75) is 46.1 Å². The summed E-state index contributed by atoms with van der Waals surface area (Å²) in [5.74, 6) is 0.723. The first-order chi connectivity index (χ1) is 9.60. The highest BCUT2D eigenvalue weighted by molar-refractivity contribution is 5.75. The van der Waals surface area contributed by atoms with E-state index in [0.29, 0.717) is 6.10 Å². The van der Waals surface area contributed by atoms with Gasteiger partial charge in [0.05, 0.1) is 0 Å². The first kappa shape index (κ1) is 14.6. The van der Waals surface area contributed by atoms with Crippen molar-refractivity contribution in [2.24, 2.45) is 0 Å². The van der Waals surface area contributed by atoms with Crippen molar-refractivity contribution in [3.05, 3.63) is 53.8 Å². The standard InChI is InChI=1S/C18H23NO/c1-5-15(11-14(4)13(2)3)16-9-10-18(19-12-16)20-17-7-6-8-17/h5,9-12,17H,1,6-8H2,2-4H3/b15-11+. The van der Waals surface area contributed by atoms with E-state index in [4.69, 9.17) is 4.74 Å². The summed E-state index contributed by atoms with van der Waals surface area (Å²) in [6, 6.07) is 4.00. The zero-order chi connectivity index (χ0) is 14.5. The molecule has 0 radical (unpaired) electrons. The Bertz CT molecular complexity index is 529. The Balaban J connectivity index is 2.14. The second-order valence-corrected chi connectivity index (χ2v) is 5.54. The maximum Gasteiger partial charge on any atom is 0.213 e. The molecule has 1 aliphatic carbocycles. The van der Waals surface area contributed by atoms with Gasteiger partial charge in [0, 0.05) is 17.8 Å². The average molecular weight is 269 g/mol. The van der Waals surface area contributed by atoms with E-state index in [1.54, 1.807) is 0 Å². The third kappa shape index (κ3) is 3.60. The van der Waals surface area contributed by atoms with Gasteiger partial charge in [-0.2, -0.15) is 0 Å². The number of ether oxygens (including phenoxy) is 1. The third-order valence-corrected chi connectivity index (χ3v) is 3.79. The second kappa shape index (κ2) is 6.56. The van der Waals surface area contributed by atoms with Crippen LogP contribution >= 0.6 is 0 Å². The van der Waals surface area contributed by atoms with Crippen LogP contribution in [0.2, 0.25) is 0 Å². The Hall–Kier alpha value is -1.83. The molecule has 0 spiro atoms. The predicted octanol–water partition coefficient (Wildman–Crippen LogP) is 4.94. The van der Waals surface area contributed by atoms with Gasteiger partial charge >= 0.3 is 0 Å². The van der Waals surface area contributed by atoms with E-state index in [0.717, 1.165) is 29.9 Å². The van der Waals surface area contributed by atoms with E-state index in [9.17, 15) is 0 Å². The molecule has 2 nitrogen and oxygen atoms in total. The van der Waals surface area contributed by atoms with Crippen LogP contribution in [0, 0.1) is 0 Å². The van der Waals surface area contributed by atoms with Crippen LogP contribution in [0.1, 0.15) is 45.6 Å². The SMILES string of the molecule is C=C/C(=C\C(C)=C(C)C)c1ccc(OC2CCC2)nc1. The van der Waals surface area contributed by atoms with Crippen LogP contribution in [0.5, 0.6) is 5.88 Å². The van der Waals surface area contributed by atoms with Crippen LogP contribution in [0.3, 0.4) is 0 Å². The molecule has 2 heteroatoms. The minimum atomic E-state index is 0.371. The number of hydrogen-bond donors (Lipinski definition) is 0. The normalized spacial score (nSPS) is 15.4. The van der Waals surface area contributed by atoms with E-state index >= 15 is 0 Å². The number of allylic oxidation sites excluding steroid dienone is 5. The van der Waals surface area contributed by atoms with E-state index in [1.165, 1.54) is 17.6 Å². The highest BCUT2D eigenvalue weighted by Gasteiger charge is 2.19. The molecule has 0 aromatic carbocycles. The minimum absolute atomic E-state index is 0.371. The van der Waals surface area contributed by atoms with Crippen LogP contribution < -0.4 is 4.74 Å². The zero-order valence-electron chi connectivity index (χ0n) is 12.6. The van der Waals surface area contributed by atoms with E-state index in [-0.39, 0.29) is 0 Å². The lowest BCUT2D eigenvalue weighted by atomic mass is 9.96. The molecule has 0 atom stereocenters. The lowest BCUT2D eigenvalue weighted by molar-refractivity contribution is 0.114. The van der Waals surface area contributed by atoms with Crippen molar-refractivity contribution >= 4 is 5.57 Å². The largest absolute Gasteiger partial charge is 0.474 e. The number of pyridine rings is 1. The van der Waals surface area contributed by atoms with Crippen LogP contribution in [-0.4, -0.2) is 11.1 Å². The maximum absolute atomic E-state index is 5.77. The molecule has 1 aromatic rings. The predicted molar refractivity (Wildman–Crippen MR) is 84.7 cm³/mol. The lowest BCUT2D eigenvalue weighted by Gasteiger charge is -2.25. The molecule has 1 heterocycles. The van der Waals surface area contributed by atoms with Crippen LogP contribution in [0.4, 0.5) is 0 Å². The molecule has 0 unspecified atom stereocenters. The molecule has 106 valence electrons. The zero-order valence-corrected chi connectivity index (χ0v) is 12.6. The van der Waals surface area contributed by atoms with Gasteiger partial charge in [0.25, 0.3) is 0 Å².